The van der Waals surface area contributed by atoms with E-state index in [0.29, 0.717) is 36.7 Å². The van der Waals surface area contributed by atoms with Crippen LogP contribution in [0.15, 0.2) is 48.5 Å². The molecule has 0 spiro atoms. The lowest BCUT2D eigenvalue weighted by Crippen LogP contribution is -3.15. The predicted molar refractivity (Wildman–Crippen MR) is 109 cm³/mol. The van der Waals surface area contributed by atoms with Crippen molar-refractivity contribution in [3.05, 3.63) is 65.2 Å². The van der Waals surface area contributed by atoms with Gasteiger partial charge in [-0.3, -0.25) is 14.5 Å². The molecule has 0 bridgehead atoms. The van der Waals surface area contributed by atoms with E-state index in [2.05, 4.69) is 6.92 Å². The van der Waals surface area contributed by atoms with Crippen molar-refractivity contribution in [3.8, 4) is 0 Å². The van der Waals surface area contributed by atoms with E-state index >= 15 is 0 Å². The van der Waals surface area contributed by atoms with Crippen molar-refractivity contribution >= 4 is 17.4 Å². The number of benzene rings is 2. The summed E-state index contributed by atoms with van der Waals surface area (Å²) in [6.07, 6.45) is 0.631. The molecular weight excluding hydrogens is 368 g/mol. The normalized spacial score (nSPS) is 22.0. The van der Waals surface area contributed by atoms with E-state index in [9.17, 15) is 14.7 Å². The third-order valence-corrected chi connectivity index (χ3v) is 5.92. The maximum atomic E-state index is 13.3. The smallest absolute Gasteiger partial charge is 0.268 e. The van der Waals surface area contributed by atoms with Crippen LogP contribution in [0.3, 0.4) is 0 Å². The maximum absolute atomic E-state index is 13.3. The first kappa shape index (κ1) is 19.8. The van der Waals surface area contributed by atoms with Crippen LogP contribution in [0.25, 0.3) is 0 Å². The molecular formula is C23H27N2O4+. The molecule has 0 radical (unpaired) electrons. The fourth-order valence-corrected chi connectivity index (χ4v) is 4.14. The van der Waals surface area contributed by atoms with Crippen LogP contribution in [-0.2, 0) is 21.6 Å². The van der Waals surface area contributed by atoms with Crippen molar-refractivity contribution in [3.63, 3.8) is 0 Å². The Morgan fingerprint density at radius 3 is 2.52 bits per heavy atom. The minimum Gasteiger partial charge on any atom is -0.375 e. The molecule has 6 heteroatoms. The Morgan fingerprint density at radius 2 is 1.83 bits per heavy atom. The number of fused-ring (bicyclic) bond motifs is 1. The number of nitrogens with one attached hydrogen (secondary N) is 1. The highest BCUT2D eigenvalue weighted by molar-refractivity contribution is 6.10. The Kier molecular flexibility index (Phi) is 5.50. The van der Waals surface area contributed by atoms with Gasteiger partial charge in [0, 0.05) is 11.1 Å². The van der Waals surface area contributed by atoms with Gasteiger partial charge in [0.15, 0.2) is 18.1 Å². The zero-order chi connectivity index (χ0) is 20.4. The molecule has 6 nitrogen and oxygen atoms in total. The van der Waals surface area contributed by atoms with Crippen molar-refractivity contribution in [1.29, 1.82) is 0 Å². The van der Waals surface area contributed by atoms with Crippen LogP contribution in [0, 0.1) is 0 Å². The number of para-hydroxylation sites is 1. The van der Waals surface area contributed by atoms with Gasteiger partial charge in [0.2, 0.25) is 0 Å². The largest absolute Gasteiger partial charge is 0.375 e. The Balaban J connectivity index is 1.59. The first-order valence-electron chi connectivity index (χ1n) is 10.2. The fourth-order valence-electron chi connectivity index (χ4n) is 4.14. The van der Waals surface area contributed by atoms with E-state index in [1.165, 1.54) is 4.90 Å². The number of ketones is 1. The number of quaternary nitrogens is 1. The number of rotatable bonds is 6. The van der Waals surface area contributed by atoms with Crippen LogP contribution in [0.4, 0.5) is 5.69 Å². The Morgan fingerprint density at radius 1 is 1.14 bits per heavy atom. The van der Waals surface area contributed by atoms with Gasteiger partial charge in [0.1, 0.15) is 13.1 Å². The van der Waals surface area contributed by atoms with Gasteiger partial charge in [-0.1, -0.05) is 49.4 Å². The molecule has 1 saturated heterocycles. The summed E-state index contributed by atoms with van der Waals surface area (Å²) in [6.45, 7) is 5.46. The number of aliphatic hydroxyl groups is 1. The summed E-state index contributed by atoms with van der Waals surface area (Å²) in [7, 11) is 0. The molecule has 0 unspecified atom stereocenters. The zero-order valence-electron chi connectivity index (χ0n) is 16.7. The topological polar surface area (TPSA) is 71.3 Å². The zero-order valence-corrected chi connectivity index (χ0v) is 16.7. The summed E-state index contributed by atoms with van der Waals surface area (Å²) in [5.41, 5.74) is 1.02. The van der Waals surface area contributed by atoms with Crippen LogP contribution >= 0.6 is 0 Å². The monoisotopic (exact) mass is 395 g/mol. The molecule has 29 heavy (non-hydrogen) atoms. The molecule has 2 aromatic carbocycles. The van der Waals surface area contributed by atoms with Crippen LogP contribution in [0.1, 0.15) is 34.8 Å². The number of morpholine rings is 1. The van der Waals surface area contributed by atoms with E-state index in [0.717, 1.165) is 25.1 Å². The number of hydrogen-bond donors (Lipinski definition) is 2. The third-order valence-electron chi connectivity index (χ3n) is 5.92. The summed E-state index contributed by atoms with van der Waals surface area (Å²) in [4.78, 5) is 29.1. The number of ether oxygens (including phenoxy) is 1. The van der Waals surface area contributed by atoms with Crippen molar-refractivity contribution in [2.24, 2.45) is 0 Å². The van der Waals surface area contributed by atoms with Gasteiger partial charge in [-0.15, -0.1) is 0 Å². The second-order valence-corrected chi connectivity index (χ2v) is 7.78. The average Bonchev–Trinajstić information content (AvgIpc) is 2.96. The molecule has 1 amide bonds. The molecule has 1 fully saturated rings. The second kappa shape index (κ2) is 8.06. The van der Waals surface area contributed by atoms with Crippen molar-refractivity contribution in [2.75, 3.05) is 37.9 Å². The summed E-state index contributed by atoms with van der Waals surface area (Å²) in [5, 5.41) is 11.4. The summed E-state index contributed by atoms with van der Waals surface area (Å²) in [6, 6.07) is 14.6. The number of aryl methyl sites for hydroxylation is 1. The quantitative estimate of drug-likeness (QED) is 0.714. The summed E-state index contributed by atoms with van der Waals surface area (Å²) in [5.74, 6) is -0.657. The lowest BCUT2D eigenvalue weighted by atomic mass is 9.88. The van der Waals surface area contributed by atoms with Gasteiger partial charge < -0.3 is 14.7 Å². The Labute approximate surface area is 170 Å². The first-order valence-corrected chi connectivity index (χ1v) is 10.2. The lowest BCUT2D eigenvalue weighted by molar-refractivity contribution is -0.906. The Hall–Kier alpha value is -2.54. The molecule has 4 rings (SSSR count). The third kappa shape index (κ3) is 3.71. The molecule has 2 aliphatic rings. The number of carbonyl (C=O) groups excluding carboxylic acids is 2. The van der Waals surface area contributed by atoms with Gasteiger partial charge in [-0.05, 0) is 18.1 Å². The van der Waals surface area contributed by atoms with E-state index < -0.39 is 11.5 Å². The number of nitrogens with zero attached hydrogens (tertiary/aromatic N) is 1. The van der Waals surface area contributed by atoms with E-state index in [-0.39, 0.29) is 12.2 Å². The molecule has 2 N–H and O–H groups in total. The summed E-state index contributed by atoms with van der Waals surface area (Å²) < 4.78 is 5.40. The van der Waals surface area contributed by atoms with Gasteiger partial charge in [-0.25, -0.2) is 0 Å². The molecule has 0 aromatic heterocycles. The minimum absolute atomic E-state index is 0.237. The highest BCUT2D eigenvalue weighted by Gasteiger charge is 2.51. The maximum Gasteiger partial charge on any atom is 0.268 e. The highest BCUT2D eigenvalue weighted by atomic mass is 16.5. The lowest BCUT2D eigenvalue weighted by Gasteiger charge is -2.29. The van der Waals surface area contributed by atoms with Crippen LogP contribution in [-0.4, -0.2) is 49.8 Å². The molecule has 152 valence electrons. The number of amides is 1. The van der Waals surface area contributed by atoms with Gasteiger partial charge in [0.05, 0.1) is 25.3 Å². The number of Topliss-reactive ketones (excluding diaryl/α,β-unsaturated/α-hetero) is 1. The number of hydrogen-bond acceptors (Lipinski definition) is 4. The van der Waals surface area contributed by atoms with Crippen LogP contribution in [0.2, 0.25) is 0 Å². The standard InChI is InChI=1S/C23H26N2O4/c1-2-17-7-9-18(10-8-17)21(26)15-23(28)19-5-3-4-6-20(19)25(22(23)27)16-24-11-13-29-14-12-24/h3-10,28H,2,11-16H2,1H3/p+1/t23-/m1/s1. The van der Waals surface area contributed by atoms with Gasteiger partial charge in [-0.2, -0.15) is 0 Å². The molecule has 1 atom stereocenters. The van der Waals surface area contributed by atoms with E-state index in [1.807, 2.05) is 24.3 Å². The molecule has 0 aliphatic carbocycles. The second-order valence-electron chi connectivity index (χ2n) is 7.78. The molecule has 2 heterocycles. The summed E-state index contributed by atoms with van der Waals surface area (Å²) >= 11 is 0. The van der Waals surface area contributed by atoms with E-state index in [1.54, 1.807) is 29.2 Å². The van der Waals surface area contributed by atoms with E-state index in [4.69, 9.17) is 4.74 Å². The minimum atomic E-state index is -1.83. The molecule has 2 aromatic rings. The van der Waals surface area contributed by atoms with Crippen molar-refractivity contribution < 1.29 is 24.3 Å². The van der Waals surface area contributed by atoms with Gasteiger partial charge >= 0.3 is 0 Å². The fraction of sp³-hybridized carbons (Fsp3) is 0.391. The molecule has 2 aliphatic heterocycles. The predicted octanol–water partition coefficient (Wildman–Crippen LogP) is 0.929. The number of anilines is 1. The van der Waals surface area contributed by atoms with Crippen molar-refractivity contribution in [1.82, 2.24) is 0 Å². The SMILES string of the molecule is CCc1ccc(C(=O)C[C@]2(O)C(=O)N(C[NH+]3CCOCC3)c3ccccc32)cc1. The van der Waals surface area contributed by atoms with Gasteiger partial charge in [0.25, 0.3) is 5.91 Å². The number of carbonyl (C=O) groups is 2. The highest BCUT2D eigenvalue weighted by Crippen LogP contribution is 2.42. The average molecular weight is 395 g/mol. The van der Waals surface area contributed by atoms with Crippen LogP contribution < -0.4 is 9.80 Å². The Bertz CT molecular complexity index is 905. The molecule has 0 saturated carbocycles. The van der Waals surface area contributed by atoms with Crippen LogP contribution in [0.5, 0.6) is 0 Å². The van der Waals surface area contributed by atoms with Crippen molar-refractivity contribution in [2.45, 2.75) is 25.4 Å². The first-order chi connectivity index (χ1) is 14.0.